The molecule has 1 aromatic carbocycles. The van der Waals surface area contributed by atoms with Crippen molar-refractivity contribution in [3.8, 4) is 5.82 Å². The maximum absolute atomic E-state index is 11.4. The summed E-state index contributed by atoms with van der Waals surface area (Å²) < 4.78 is 2.03. The average molecular weight is 489 g/mol. The van der Waals surface area contributed by atoms with Crippen molar-refractivity contribution in [3.63, 3.8) is 0 Å². The lowest BCUT2D eigenvalue weighted by Crippen LogP contribution is -2.30. The van der Waals surface area contributed by atoms with Gasteiger partial charge in [-0.2, -0.15) is 0 Å². The third-order valence-electron chi connectivity index (χ3n) is 5.61. The summed E-state index contributed by atoms with van der Waals surface area (Å²) in [4.78, 5) is 22.6. The van der Waals surface area contributed by atoms with Gasteiger partial charge in [0.25, 0.3) is 0 Å². The number of carbonyl (C=O) groups excluding carboxylic acids is 1. The fraction of sp³-hybridized carbons (Fsp3) is 0.120. The highest BCUT2D eigenvalue weighted by molar-refractivity contribution is 7.80. The van der Waals surface area contributed by atoms with Crippen molar-refractivity contribution in [1.29, 1.82) is 0 Å². The molecule has 0 saturated carbocycles. The van der Waals surface area contributed by atoms with Crippen LogP contribution in [0.25, 0.3) is 5.82 Å². The van der Waals surface area contributed by atoms with Gasteiger partial charge in [0, 0.05) is 42.6 Å². The number of rotatable bonds is 5. The van der Waals surface area contributed by atoms with E-state index in [0.717, 1.165) is 28.6 Å². The van der Waals surface area contributed by atoms with Crippen LogP contribution in [-0.2, 0) is 4.79 Å². The number of hydrogen-bond acceptors (Lipinski definition) is 4. The first-order valence-electron chi connectivity index (χ1n) is 10.7. The lowest BCUT2D eigenvalue weighted by atomic mass is 10.0. The smallest absolute Gasteiger partial charge is 0.221 e. The summed E-state index contributed by atoms with van der Waals surface area (Å²) in [6, 6.07) is 20.8. The maximum atomic E-state index is 11.4. The van der Waals surface area contributed by atoms with E-state index in [9.17, 15) is 4.79 Å². The molecule has 4 aromatic rings. The van der Waals surface area contributed by atoms with E-state index in [1.54, 1.807) is 12.4 Å². The summed E-state index contributed by atoms with van der Waals surface area (Å²) in [7, 11) is 0. The predicted octanol–water partition coefficient (Wildman–Crippen LogP) is 5.06. The molecule has 0 radical (unpaired) electrons. The van der Waals surface area contributed by atoms with Gasteiger partial charge in [-0.25, -0.2) is 4.98 Å². The molecule has 2 atom stereocenters. The zero-order valence-corrected chi connectivity index (χ0v) is 19.8. The molecule has 1 fully saturated rings. The molecule has 7 nitrogen and oxygen atoms in total. The van der Waals surface area contributed by atoms with E-state index >= 15 is 0 Å². The van der Waals surface area contributed by atoms with Gasteiger partial charge in [0.05, 0.1) is 16.8 Å². The van der Waals surface area contributed by atoms with Crippen molar-refractivity contribution < 1.29 is 4.79 Å². The van der Waals surface area contributed by atoms with Gasteiger partial charge in [0.15, 0.2) is 5.11 Å². The number of hydrogen-bond donors (Lipinski definition) is 2. The number of nitrogens with one attached hydrogen (secondary N) is 2. The van der Waals surface area contributed by atoms with E-state index in [2.05, 4.69) is 31.6 Å². The van der Waals surface area contributed by atoms with Crippen LogP contribution in [0.3, 0.4) is 0 Å². The van der Waals surface area contributed by atoms with E-state index in [-0.39, 0.29) is 18.0 Å². The number of aromatic nitrogens is 3. The Morgan fingerprint density at radius 1 is 1.06 bits per heavy atom. The summed E-state index contributed by atoms with van der Waals surface area (Å²) in [6.07, 6.45) is 5.38. The fourth-order valence-corrected chi connectivity index (χ4v) is 4.65. The van der Waals surface area contributed by atoms with Crippen molar-refractivity contribution in [3.05, 3.63) is 102 Å². The second-order valence-corrected chi connectivity index (χ2v) is 8.69. The zero-order valence-electron chi connectivity index (χ0n) is 18.2. The van der Waals surface area contributed by atoms with Crippen LogP contribution in [0, 0.1) is 0 Å². The van der Waals surface area contributed by atoms with E-state index < -0.39 is 0 Å². The Labute approximate surface area is 207 Å². The average Bonchev–Trinajstić information content (AvgIpc) is 3.45. The largest absolute Gasteiger partial charge is 0.351 e. The molecule has 2 N–H and O–H groups in total. The summed E-state index contributed by atoms with van der Waals surface area (Å²) in [6.45, 7) is 1.49. The van der Waals surface area contributed by atoms with Crippen molar-refractivity contribution in [2.45, 2.75) is 19.0 Å². The van der Waals surface area contributed by atoms with Gasteiger partial charge in [0.2, 0.25) is 5.91 Å². The molecule has 0 bridgehead atoms. The van der Waals surface area contributed by atoms with Crippen LogP contribution in [0.1, 0.15) is 30.4 Å². The number of anilines is 2. The number of thiocarbonyl (C=S) groups is 1. The quantitative estimate of drug-likeness (QED) is 0.383. The standard InChI is InChI=1S/C25H21ClN6OS/c1-16(33)29-18-8-10-19(11-9-18)32-24(23(30-25(32)34)20-5-2-3-13-27-20)21-6-4-14-31(21)22-12-7-17(26)15-28-22/h2-15,23-24H,1H3,(H,29,33)(H,30,34)/t23-,24-/m1/s1. The second kappa shape index (κ2) is 9.24. The molecule has 170 valence electrons. The predicted molar refractivity (Wildman–Crippen MR) is 137 cm³/mol. The Kier molecular flexibility index (Phi) is 6.00. The van der Waals surface area contributed by atoms with E-state index in [0.29, 0.717) is 10.1 Å². The molecule has 1 saturated heterocycles. The second-order valence-electron chi connectivity index (χ2n) is 7.86. The van der Waals surface area contributed by atoms with Crippen LogP contribution in [-0.4, -0.2) is 25.6 Å². The number of carbonyl (C=O) groups is 1. The number of nitrogens with zero attached hydrogens (tertiary/aromatic N) is 4. The van der Waals surface area contributed by atoms with Gasteiger partial charge in [-0.05, 0) is 72.9 Å². The first-order valence-corrected chi connectivity index (χ1v) is 11.5. The fourth-order valence-electron chi connectivity index (χ4n) is 4.20. The molecule has 1 aliphatic heterocycles. The van der Waals surface area contributed by atoms with Crippen LogP contribution in [0.4, 0.5) is 11.4 Å². The lowest BCUT2D eigenvalue weighted by molar-refractivity contribution is -0.114. The summed E-state index contributed by atoms with van der Waals surface area (Å²) in [5, 5.41) is 7.43. The normalized spacial score (nSPS) is 17.5. The Morgan fingerprint density at radius 2 is 1.88 bits per heavy atom. The Hall–Kier alpha value is -3.75. The highest BCUT2D eigenvalue weighted by Crippen LogP contribution is 2.42. The number of halogens is 1. The van der Waals surface area contributed by atoms with E-state index in [1.165, 1.54) is 6.92 Å². The number of amides is 1. The molecule has 5 rings (SSSR count). The summed E-state index contributed by atoms with van der Waals surface area (Å²) in [5.41, 5.74) is 3.49. The van der Waals surface area contributed by atoms with E-state index in [1.807, 2.05) is 71.4 Å². The summed E-state index contributed by atoms with van der Waals surface area (Å²) in [5.74, 6) is 0.635. The van der Waals surface area contributed by atoms with Gasteiger partial charge in [0.1, 0.15) is 11.9 Å². The van der Waals surface area contributed by atoms with Crippen molar-refractivity contribution in [2.75, 3.05) is 10.2 Å². The van der Waals surface area contributed by atoms with Crippen molar-refractivity contribution >= 4 is 46.2 Å². The molecule has 3 aromatic heterocycles. The number of pyridine rings is 2. The van der Waals surface area contributed by atoms with Crippen molar-refractivity contribution in [2.24, 2.45) is 0 Å². The van der Waals surface area contributed by atoms with Crippen LogP contribution >= 0.6 is 23.8 Å². The molecule has 1 aliphatic rings. The third kappa shape index (κ3) is 4.25. The van der Waals surface area contributed by atoms with Gasteiger partial charge in [-0.1, -0.05) is 17.7 Å². The topological polar surface area (TPSA) is 75.1 Å². The Balaban J connectivity index is 1.61. The summed E-state index contributed by atoms with van der Waals surface area (Å²) >= 11 is 11.9. The first-order chi connectivity index (χ1) is 16.5. The van der Waals surface area contributed by atoms with Crippen LogP contribution in [0.15, 0.2) is 85.3 Å². The molecular weight excluding hydrogens is 468 g/mol. The molecule has 34 heavy (non-hydrogen) atoms. The van der Waals surface area contributed by atoms with Crippen LogP contribution in [0.5, 0.6) is 0 Å². The SMILES string of the molecule is CC(=O)Nc1ccc(N2C(=S)N[C@H](c3ccccn3)[C@H]2c2cccn2-c2ccc(Cl)cn2)cc1. The monoisotopic (exact) mass is 488 g/mol. The molecule has 9 heteroatoms. The minimum atomic E-state index is -0.207. The highest BCUT2D eigenvalue weighted by atomic mass is 35.5. The van der Waals surface area contributed by atoms with E-state index in [4.69, 9.17) is 23.8 Å². The van der Waals surface area contributed by atoms with Gasteiger partial charge >= 0.3 is 0 Å². The molecule has 0 spiro atoms. The lowest BCUT2D eigenvalue weighted by Gasteiger charge is -2.29. The zero-order chi connectivity index (χ0) is 23.7. The molecule has 0 aliphatic carbocycles. The Bertz CT molecular complexity index is 1320. The molecule has 4 heterocycles. The van der Waals surface area contributed by atoms with Crippen LogP contribution in [0.2, 0.25) is 5.02 Å². The van der Waals surface area contributed by atoms with Gasteiger partial charge < -0.3 is 20.1 Å². The number of benzene rings is 1. The maximum Gasteiger partial charge on any atom is 0.221 e. The minimum absolute atomic E-state index is 0.118. The molecule has 0 unspecified atom stereocenters. The van der Waals surface area contributed by atoms with Crippen molar-refractivity contribution in [1.82, 2.24) is 19.9 Å². The molecule has 1 amide bonds. The first kappa shape index (κ1) is 22.1. The highest BCUT2D eigenvalue weighted by Gasteiger charge is 2.42. The van der Waals surface area contributed by atoms with Crippen LogP contribution < -0.4 is 15.5 Å². The van der Waals surface area contributed by atoms with Gasteiger partial charge in [-0.3, -0.25) is 9.78 Å². The third-order valence-corrected chi connectivity index (χ3v) is 6.14. The molecular formula is C25H21ClN6OS. The van der Waals surface area contributed by atoms with Gasteiger partial charge in [-0.15, -0.1) is 0 Å². The minimum Gasteiger partial charge on any atom is -0.351 e. The Morgan fingerprint density at radius 3 is 2.56 bits per heavy atom.